The molecule has 0 heterocycles. The highest BCUT2D eigenvalue weighted by Gasteiger charge is 1.97. The molecular formula is C8H9ClFN. The first-order chi connectivity index (χ1) is 5.34. The van der Waals surface area contributed by atoms with Crippen LogP contribution < -0.4 is 4.84 Å². The van der Waals surface area contributed by atoms with Crippen molar-refractivity contribution in [2.75, 3.05) is 6.54 Å². The minimum Gasteiger partial charge on any atom is -0.233 e. The maximum Gasteiger partial charge on any atom is 0.126 e. The van der Waals surface area contributed by atoms with Crippen molar-refractivity contribution in [1.82, 2.24) is 4.84 Å². The molecule has 0 atom stereocenters. The summed E-state index contributed by atoms with van der Waals surface area (Å²) in [6, 6.07) is 6.69. The molecule has 0 saturated heterocycles. The van der Waals surface area contributed by atoms with Gasteiger partial charge in [0.1, 0.15) is 5.82 Å². The summed E-state index contributed by atoms with van der Waals surface area (Å²) in [6.07, 6.45) is 0.621. The Hall–Kier alpha value is -0.600. The smallest absolute Gasteiger partial charge is 0.126 e. The van der Waals surface area contributed by atoms with Crippen LogP contribution in [0.25, 0.3) is 0 Å². The van der Waals surface area contributed by atoms with Crippen LogP contribution in [0, 0.1) is 5.82 Å². The van der Waals surface area contributed by atoms with E-state index in [4.69, 9.17) is 11.8 Å². The summed E-state index contributed by atoms with van der Waals surface area (Å²) in [5, 5.41) is 0. The van der Waals surface area contributed by atoms with Crippen molar-refractivity contribution in [3.8, 4) is 0 Å². The topological polar surface area (TPSA) is 12.0 Å². The lowest BCUT2D eigenvalue weighted by Crippen LogP contribution is -2.05. The molecule has 0 aliphatic rings. The third-order valence-corrected chi connectivity index (χ3v) is 1.64. The molecule has 0 unspecified atom stereocenters. The lowest BCUT2D eigenvalue weighted by Gasteiger charge is -1.99. The second-order valence-corrected chi connectivity index (χ2v) is 2.49. The van der Waals surface area contributed by atoms with Crippen LogP contribution in [0.1, 0.15) is 5.56 Å². The van der Waals surface area contributed by atoms with Crippen LogP contribution in [0.5, 0.6) is 0 Å². The summed E-state index contributed by atoms with van der Waals surface area (Å²) < 4.78 is 12.8. The Morgan fingerprint density at radius 1 is 1.36 bits per heavy atom. The third kappa shape index (κ3) is 2.48. The summed E-state index contributed by atoms with van der Waals surface area (Å²) in [6.45, 7) is 0.586. The lowest BCUT2D eigenvalue weighted by molar-refractivity contribution is 0.608. The van der Waals surface area contributed by atoms with Gasteiger partial charge in [-0.1, -0.05) is 18.2 Å². The van der Waals surface area contributed by atoms with Crippen LogP contribution in [0.15, 0.2) is 24.3 Å². The lowest BCUT2D eigenvalue weighted by atomic mass is 10.1. The van der Waals surface area contributed by atoms with Gasteiger partial charge in [0.25, 0.3) is 0 Å². The summed E-state index contributed by atoms with van der Waals surface area (Å²) in [5.41, 5.74) is 0.695. The van der Waals surface area contributed by atoms with E-state index in [9.17, 15) is 4.39 Å². The van der Waals surface area contributed by atoms with Gasteiger partial charge in [-0.25, -0.2) is 9.23 Å². The van der Waals surface area contributed by atoms with E-state index in [0.29, 0.717) is 18.5 Å². The molecule has 1 aromatic rings. The molecule has 0 spiro atoms. The predicted molar refractivity (Wildman–Crippen MR) is 44.0 cm³/mol. The maximum atomic E-state index is 12.8. The zero-order valence-corrected chi connectivity index (χ0v) is 6.74. The fourth-order valence-electron chi connectivity index (χ4n) is 0.883. The van der Waals surface area contributed by atoms with E-state index in [1.165, 1.54) is 6.07 Å². The van der Waals surface area contributed by atoms with E-state index in [1.807, 2.05) is 6.07 Å². The van der Waals surface area contributed by atoms with Crippen LogP contribution in [0.2, 0.25) is 0 Å². The van der Waals surface area contributed by atoms with Crippen molar-refractivity contribution in [3.63, 3.8) is 0 Å². The van der Waals surface area contributed by atoms with Gasteiger partial charge in [0.2, 0.25) is 0 Å². The van der Waals surface area contributed by atoms with E-state index < -0.39 is 0 Å². The molecule has 0 radical (unpaired) electrons. The van der Waals surface area contributed by atoms with Crippen molar-refractivity contribution in [3.05, 3.63) is 35.6 Å². The summed E-state index contributed by atoms with van der Waals surface area (Å²) in [7, 11) is 0. The molecule has 0 amide bonds. The second kappa shape index (κ2) is 4.31. The monoisotopic (exact) mass is 173 g/mol. The maximum absolute atomic E-state index is 12.8. The minimum absolute atomic E-state index is 0.167. The number of hydrogen-bond acceptors (Lipinski definition) is 1. The Balaban J connectivity index is 2.62. The van der Waals surface area contributed by atoms with Crippen molar-refractivity contribution >= 4 is 11.8 Å². The van der Waals surface area contributed by atoms with E-state index in [1.54, 1.807) is 12.1 Å². The van der Waals surface area contributed by atoms with Crippen molar-refractivity contribution in [2.24, 2.45) is 0 Å². The van der Waals surface area contributed by atoms with E-state index in [0.717, 1.165) is 0 Å². The van der Waals surface area contributed by atoms with Gasteiger partial charge in [-0.3, -0.25) is 0 Å². The van der Waals surface area contributed by atoms with Crippen molar-refractivity contribution in [2.45, 2.75) is 6.42 Å². The zero-order valence-electron chi connectivity index (χ0n) is 5.98. The number of nitrogens with one attached hydrogen (secondary N) is 1. The Labute approximate surface area is 70.3 Å². The molecule has 1 rings (SSSR count). The quantitative estimate of drug-likeness (QED) is 0.691. The van der Waals surface area contributed by atoms with E-state index in [-0.39, 0.29) is 5.82 Å². The van der Waals surface area contributed by atoms with Gasteiger partial charge in [-0.05, 0) is 29.8 Å². The average Bonchev–Trinajstić information content (AvgIpc) is 2.03. The Kier molecular flexibility index (Phi) is 3.33. The molecular weight excluding hydrogens is 165 g/mol. The first-order valence-corrected chi connectivity index (χ1v) is 3.79. The average molecular weight is 174 g/mol. The van der Waals surface area contributed by atoms with Crippen LogP contribution >= 0.6 is 11.8 Å². The highest BCUT2D eigenvalue weighted by atomic mass is 35.5. The van der Waals surface area contributed by atoms with E-state index in [2.05, 4.69) is 4.84 Å². The van der Waals surface area contributed by atoms with Gasteiger partial charge in [-0.2, -0.15) is 0 Å². The van der Waals surface area contributed by atoms with Crippen LogP contribution in [-0.2, 0) is 6.42 Å². The van der Waals surface area contributed by atoms with Gasteiger partial charge in [0.15, 0.2) is 0 Å². The van der Waals surface area contributed by atoms with E-state index >= 15 is 0 Å². The molecule has 0 fully saturated rings. The number of halogens is 2. The fraction of sp³-hybridized carbons (Fsp3) is 0.250. The van der Waals surface area contributed by atoms with Gasteiger partial charge < -0.3 is 0 Å². The summed E-state index contributed by atoms with van der Waals surface area (Å²) in [4.78, 5) is 2.45. The molecule has 1 aromatic carbocycles. The van der Waals surface area contributed by atoms with Gasteiger partial charge in [0, 0.05) is 6.54 Å². The molecule has 0 saturated carbocycles. The van der Waals surface area contributed by atoms with Crippen molar-refractivity contribution < 1.29 is 4.39 Å². The summed E-state index contributed by atoms with van der Waals surface area (Å²) in [5.74, 6) is -0.167. The second-order valence-electron chi connectivity index (χ2n) is 2.23. The molecule has 11 heavy (non-hydrogen) atoms. The number of benzene rings is 1. The zero-order chi connectivity index (χ0) is 8.10. The Bertz CT molecular complexity index is 227. The summed E-state index contributed by atoms with van der Waals surface area (Å²) >= 11 is 5.23. The standard InChI is InChI=1S/C8H9ClFN/c9-11-6-5-7-3-1-2-4-8(7)10/h1-4,11H,5-6H2. The minimum atomic E-state index is -0.167. The van der Waals surface area contributed by atoms with Crippen molar-refractivity contribution in [1.29, 1.82) is 0 Å². The Morgan fingerprint density at radius 2 is 2.09 bits per heavy atom. The first kappa shape index (κ1) is 8.50. The number of rotatable bonds is 3. The first-order valence-electron chi connectivity index (χ1n) is 3.41. The SMILES string of the molecule is Fc1ccccc1CCNCl. The highest BCUT2D eigenvalue weighted by molar-refractivity contribution is 6.13. The van der Waals surface area contributed by atoms with Gasteiger partial charge in [-0.15, -0.1) is 0 Å². The van der Waals surface area contributed by atoms with Gasteiger partial charge >= 0.3 is 0 Å². The predicted octanol–water partition coefficient (Wildman–Crippen LogP) is 2.11. The molecule has 0 aliphatic heterocycles. The Morgan fingerprint density at radius 3 is 2.73 bits per heavy atom. The molecule has 3 heteroatoms. The molecule has 0 aliphatic carbocycles. The molecule has 60 valence electrons. The highest BCUT2D eigenvalue weighted by Crippen LogP contribution is 2.05. The number of hydrogen-bond donors (Lipinski definition) is 1. The molecule has 0 bridgehead atoms. The molecule has 1 N–H and O–H groups in total. The van der Waals surface area contributed by atoms with Crippen LogP contribution in [0.4, 0.5) is 4.39 Å². The fourth-order valence-corrected chi connectivity index (χ4v) is 0.978. The molecule has 0 aromatic heterocycles. The third-order valence-electron chi connectivity index (χ3n) is 1.45. The normalized spacial score (nSPS) is 10.0. The largest absolute Gasteiger partial charge is 0.233 e. The van der Waals surface area contributed by atoms with Gasteiger partial charge in [0.05, 0.1) is 0 Å². The molecule has 1 nitrogen and oxygen atoms in total. The van der Waals surface area contributed by atoms with Crippen LogP contribution in [0.3, 0.4) is 0 Å². The van der Waals surface area contributed by atoms with Crippen LogP contribution in [-0.4, -0.2) is 6.54 Å².